The zero-order valence-corrected chi connectivity index (χ0v) is 15.4. The number of hydrogen-bond donors (Lipinski definition) is 1. The third-order valence-corrected chi connectivity index (χ3v) is 4.16. The maximum absolute atomic E-state index is 12.3. The van der Waals surface area contributed by atoms with Crippen molar-refractivity contribution in [3.63, 3.8) is 0 Å². The van der Waals surface area contributed by atoms with Gasteiger partial charge in [0.15, 0.2) is 17.6 Å². The van der Waals surface area contributed by atoms with Gasteiger partial charge in [-0.2, -0.15) is 0 Å². The monoisotopic (exact) mass is 406 g/mol. The Kier molecular flexibility index (Phi) is 5.65. The van der Waals surface area contributed by atoms with Crippen LogP contribution in [-0.4, -0.2) is 36.1 Å². The van der Waals surface area contributed by atoms with E-state index in [1.54, 1.807) is 18.2 Å². The van der Waals surface area contributed by atoms with Crippen molar-refractivity contribution in [3.05, 3.63) is 57.1 Å². The number of nitrogens with zero attached hydrogens (tertiary/aromatic N) is 1. The SMILES string of the molecule is C[C@@H](OC(=O)c1ccc(Cl)c([N+](=O)[O-])c1)C(=O)Nc1ccc2c(c1)OCCO2. The van der Waals surface area contributed by atoms with Gasteiger partial charge in [0, 0.05) is 17.8 Å². The van der Waals surface area contributed by atoms with Crippen LogP contribution in [0.15, 0.2) is 36.4 Å². The van der Waals surface area contributed by atoms with Crippen LogP contribution in [0.25, 0.3) is 0 Å². The van der Waals surface area contributed by atoms with Crippen molar-refractivity contribution in [2.45, 2.75) is 13.0 Å². The largest absolute Gasteiger partial charge is 0.486 e. The van der Waals surface area contributed by atoms with Gasteiger partial charge in [0.25, 0.3) is 11.6 Å². The van der Waals surface area contributed by atoms with E-state index in [0.29, 0.717) is 30.4 Å². The number of hydrogen-bond acceptors (Lipinski definition) is 7. The van der Waals surface area contributed by atoms with Gasteiger partial charge in [-0.15, -0.1) is 0 Å². The molecule has 9 nitrogen and oxygen atoms in total. The molecule has 0 fully saturated rings. The molecule has 1 heterocycles. The first-order valence-corrected chi connectivity index (χ1v) is 8.58. The van der Waals surface area contributed by atoms with E-state index >= 15 is 0 Å². The molecular weight excluding hydrogens is 392 g/mol. The fourth-order valence-corrected chi connectivity index (χ4v) is 2.61. The van der Waals surface area contributed by atoms with Crippen LogP contribution >= 0.6 is 11.6 Å². The molecule has 146 valence electrons. The van der Waals surface area contributed by atoms with E-state index in [1.165, 1.54) is 19.1 Å². The summed E-state index contributed by atoms with van der Waals surface area (Å²) in [6.45, 7) is 2.25. The molecule has 2 aromatic rings. The van der Waals surface area contributed by atoms with Crippen molar-refractivity contribution in [3.8, 4) is 11.5 Å². The number of carbonyl (C=O) groups is 2. The summed E-state index contributed by atoms with van der Waals surface area (Å²) in [6.07, 6.45) is -1.14. The predicted octanol–water partition coefficient (Wildman–Crippen LogP) is 3.20. The van der Waals surface area contributed by atoms with Crippen molar-refractivity contribution in [2.75, 3.05) is 18.5 Å². The Morgan fingerprint density at radius 2 is 1.89 bits per heavy atom. The second kappa shape index (κ2) is 8.13. The van der Waals surface area contributed by atoms with E-state index in [9.17, 15) is 19.7 Å². The van der Waals surface area contributed by atoms with E-state index in [1.807, 2.05) is 0 Å². The molecule has 1 aliphatic heterocycles. The highest BCUT2D eigenvalue weighted by atomic mass is 35.5. The fraction of sp³-hybridized carbons (Fsp3) is 0.222. The second-order valence-corrected chi connectivity index (χ2v) is 6.23. The number of carbonyl (C=O) groups excluding carboxylic acids is 2. The molecule has 1 amide bonds. The maximum Gasteiger partial charge on any atom is 0.339 e. The van der Waals surface area contributed by atoms with E-state index < -0.39 is 28.6 Å². The molecule has 0 saturated carbocycles. The normalized spacial score (nSPS) is 13.4. The van der Waals surface area contributed by atoms with Gasteiger partial charge in [-0.05, 0) is 31.2 Å². The summed E-state index contributed by atoms with van der Waals surface area (Å²) in [5, 5.41) is 13.4. The molecular formula is C18H15ClN2O7. The lowest BCUT2D eigenvalue weighted by molar-refractivity contribution is -0.384. The van der Waals surface area contributed by atoms with Gasteiger partial charge < -0.3 is 19.5 Å². The van der Waals surface area contributed by atoms with Gasteiger partial charge in [0.2, 0.25) is 0 Å². The molecule has 1 N–H and O–H groups in total. The lowest BCUT2D eigenvalue weighted by atomic mass is 10.2. The summed E-state index contributed by atoms with van der Waals surface area (Å²) in [5.41, 5.74) is -0.0705. The lowest BCUT2D eigenvalue weighted by Gasteiger charge is -2.19. The first-order valence-electron chi connectivity index (χ1n) is 8.20. The Bertz CT molecular complexity index is 948. The number of amides is 1. The van der Waals surface area contributed by atoms with Crippen LogP contribution in [-0.2, 0) is 9.53 Å². The van der Waals surface area contributed by atoms with Crippen molar-refractivity contribution >= 4 is 34.9 Å². The minimum Gasteiger partial charge on any atom is -0.486 e. The number of ether oxygens (including phenoxy) is 3. The third-order valence-electron chi connectivity index (χ3n) is 3.84. The second-order valence-electron chi connectivity index (χ2n) is 5.82. The van der Waals surface area contributed by atoms with Crippen molar-refractivity contribution in [1.29, 1.82) is 0 Å². The van der Waals surface area contributed by atoms with Crippen LogP contribution in [0.1, 0.15) is 17.3 Å². The van der Waals surface area contributed by atoms with Crippen LogP contribution in [0.5, 0.6) is 11.5 Å². The Morgan fingerprint density at radius 3 is 2.61 bits per heavy atom. The average Bonchev–Trinajstić information content (AvgIpc) is 2.67. The summed E-state index contributed by atoms with van der Waals surface area (Å²) in [4.78, 5) is 34.7. The third kappa shape index (κ3) is 4.32. The topological polar surface area (TPSA) is 117 Å². The van der Waals surface area contributed by atoms with Gasteiger partial charge in [-0.25, -0.2) is 4.79 Å². The fourth-order valence-electron chi connectivity index (χ4n) is 2.43. The number of benzene rings is 2. The Labute approximate surface area is 164 Å². The van der Waals surface area contributed by atoms with Gasteiger partial charge >= 0.3 is 5.97 Å². The summed E-state index contributed by atoms with van der Waals surface area (Å²) in [7, 11) is 0. The highest BCUT2D eigenvalue weighted by Gasteiger charge is 2.22. The Morgan fingerprint density at radius 1 is 1.18 bits per heavy atom. The Hall–Kier alpha value is -3.33. The number of rotatable bonds is 5. The number of fused-ring (bicyclic) bond motifs is 1. The number of halogens is 1. The summed E-state index contributed by atoms with van der Waals surface area (Å²) < 4.78 is 15.9. The molecule has 1 atom stereocenters. The molecule has 3 rings (SSSR count). The summed E-state index contributed by atoms with van der Waals surface area (Å²) in [6, 6.07) is 8.38. The predicted molar refractivity (Wildman–Crippen MR) is 99.0 cm³/mol. The molecule has 0 saturated heterocycles. The lowest BCUT2D eigenvalue weighted by Crippen LogP contribution is -2.30. The van der Waals surface area contributed by atoms with Crippen molar-refractivity contribution in [1.82, 2.24) is 0 Å². The minimum absolute atomic E-state index is 0.0879. The van der Waals surface area contributed by atoms with E-state index in [2.05, 4.69) is 5.32 Å². The average molecular weight is 407 g/mol. The summed E-state index contributed by atoms with van der Waals surface area (Å²) in [5.74, 6) is -0.381. The van der Waals surface area contributed by atoms with E-state index in [4.69, 9.17) is 25.8 Å². The number of nitro groups is 1. The molecule has 0 unspecified atom stereocenters. The van der Waals surface area contributed by atoms with E-state index in [0.717, 1.165) is 6.07 Å². The first-order chi connectivity index (χ1) is 13.3. The molecule has 0 radical (unpaired) electrons. The quantitative estimate of drug-likeness (QED) is 0.460. The molecule has 28 heavy (non-hydrogen) atoms. The first kappa shape index (κ1) is 19.4. The maximum atomic E-state index is 12.3. The van der Waals surface area contributed by atoms with Crippen LogP contribution < -0.4 is 14.8 Å². The molecule has 1 aliphatic rings. The minimum atomic E-state index is -1.14. The van der Waals surface area contributed by atoms with Gasteiger partial charge in [0.05, 0.1) is 10.5 Å². The standard InChI is InChI=1S/C18H15ClN2O7/c1-10(28-18(23)11-2-4-13(19)14(8-11)21(24)25)17(22)20-12-3-5-15-16(9-12)27-7-6-26-15/h2-5,8-10H,6-7H2,1H3,(H,20,22)/t10-/m1/s1. The van der Waals surface area contributed by atoms with Gasteiger partial charge in [0.1, 0.15) is 18.2 Å². The highest BCUT2D eigenvalue weighted by molar-refractivity contribution is 6.32. The highest BCUT2D eigenvalue weighted by Crippen LogP contribution is 2.32. The number of esters is 1. The number of anilines is 1. The molecule has 0 aliphatic carbocycles. The molecule has 0 bridgehead atoms. The molecule has 10 heteroatoms. The summed E-state index contributed by atoms with van der Waals surface area (Å²) >= 11 is 5.72. The zero-order chi connectivity index (χ0) is 20.3. The van der Waals surface area contributed by atoms with Crippen LogP contribution in [0.2, 0.25) is 5.02 Å². The van der Waals surface area contributed by atoms with Crippen LogP contribution in [0.4, 0.5) is 11.4 Å². The van der Waals surface area contributed by atoms with Crippen LogP contribution in [0, 0.1) is 10.1 Å². The van der Waals surface area contributed by atoms with Crippen LogP contribution in [0.3, 0.4) is 0 Å². The van der Waals surface area contributed by atoms with Gasteiger partial charge in [-0.1, -0.05) is 11.6 Å². The van der Waals surface area contributed by atoms with E-state index in [-0.39, 0.29) is 10.6 Å². The number of nitrogens with one attached hydrogen (secondary N) is 1. The molecule has 0 aromatic heterocycles. The van der Waals surface area contributed by atoms with Crippen molar-refractivity contribution in [2.24, 2.45) is 0 Å². The Balaban J connectivity index is 1.65. The van der Waals surface area contributed by atoms with Crippen molar-refractivity contribution < 1.29 is 28.7 Å². The molecule has 0 spiro atoms. The zero-order valence-electron chi connectivity index (χ0n) is 14.6. The van der Waals surface area contributed by atoms with Gasteiger partial charge in [-0.3, -0.25) is 14.9 Å². The molecule has 2 aromatic carbocycles. The number of nitro benzene ring substituents is 1. The smallest absolute Gasteiger partial charge is 0.339 e.